The number of fused-ring (bicyclic) bond motifs is 12. The van der Waals surface area contributed by atoms with E-state index in [1.165, 1.54) is 0 Å². The molecule has 0 aliphatic rings. The van der Waals surface area contributed by atoms with Crippen molar-refractivity contribution in [1.82, 2.24) is 8.80 Å². The van der Waals surface area contributed by atoms with E-state index < -0.39 is 214 Å². The highest BCUT2D eigenvalue weighted by atomic mass is 15.2. The number of hydrogen-bond acceptors (Lipinski definition) is 2. The second kappa shape index (κ2) is 17.1. The standard InChI is InChI=1S/C72H54N4/c1-45(2)49-33-37-63-59(41-49)69-65(73(51-25-13-7-14-26-51)61-31-19-17-29-53(61)47-21-9-5-10-22-47)39-35-55-57-44-68-58(43-67(57)75(63)71(55)69)56-36-40-66(70-60-42-50(46(3)4)34-38-64(60)76(68)72(56)70)74(52-27-15-8-16-28-52)62-32-20-18-30-54(62)48-23-11-6-12-24-48/h5-46H,1-4H3/i5D,6D,7D,8D,9D,10D,11D,12D,13D,14D,15D,16D,17D,18D,19D,20D,21D,22D,23D,24D,25D,26D,27D,28D,29D,30D,31D,32D. The Morgan fingerprint density at radius 3 is 1.09 bits per heavy atom. The van der Waals surface area contributed by atoms with Gasteiger partial charge < -0.3 is 18.6 Å². The molecular formula is C72H54N4. The SMILES string of the molecule is [2H]c1c([2H])c([2H])c(-c2c([2H])c([2H])c([2H])c([2H])c2N(c2c([2H])c([2H])c([2H])c([2H])c2[2H])c2ccc3c4cc5c(cc4n4c6ccc(C(C)C)cc6c2c34)c2ccc(N(c3c([2H])c([2H])c([2H])c([2H])c3[2H])c3c([2H])c([2H])c([2H])c([2H])c3-c3c([2H])c([2H])c([2H])c([2H])c3[2H])c3c4cc(C(C)C)ccc4n5c23)c([2H])c1[2H]. The lowest BCUT2D eigenvalue weighted by atomic mass is 9.97. The molecule has 4 aromatic heterocycles. The minimum atomic E-state index is -0.868. The smallest absolute Gasteiger partial charge is 0.0645 e. The average Bonchev–Trinajstić information content (AvgIpc) is 1.50. The highest BCUT2D eigenvalue weighted by Crippen LogP contribution is 2.53. The Hall–Kier alpha value is -9.38. The number of hydrogen-bond donors (Lipinski definition) is 0. The topological polar surface area (TPSA) is 15.3 Å². The summed E-state index contributed by atoms with van der Waals surface area (Å²) in [6, 6.07) is -1.55. The molecule has 0 amide bonds. The molecule has 4 heterocycles. The van der Waals surface area contributed by atoms with Crippen LogP contribution >= 0.6 is 0 Å². The fourth-order valence-electron chi connectivity index (χ4n) is 11.2. The van der Waals surface area contributed by atoms with Crippen LogP contribution in [0.25, 0.3) is 98.4 Å². The lowest BCUT2D eigenvalue weighted by Gasteiger charge is -2.28. The van der Waals surface area contributed by atoms with Gasteiger partial charge in [0.1, 0.15) is 0 Å². The largest absolute Gasteiger partial charge is 0.309 e. The average molecular weight is 1000 g/mol. The van der Waals surface area contributed by atoms with Crippen LogP contribution in [0.5, 0.6) is 0 Å². The molecule has 4 heteroatoms. The van der Waals surface area contributed by atoms with E-state index >= 15 is 0 Å². The van der Waals surface area contributed by atoms with Crippen LogP contribution in [0, 0.1) is 0 Å². The van der Waals surface area contributed by atoms with E-state index in [2.05, 4.69) is 0 Å². The first kappa shape index (κ1) is 24.3. The second-order valence-electron chi connectivity index (χ2n) is 19.2. The van der Waals surface area contributed by atoms with E-state index in [1.54, 1.807) is 24.3 Å². The first-order chi connectivity index (χ1) is 49.0. The minimum absolute atomic E-state index is 0.00968. The monoisotopic (exact) mass is 1000 g/mol. The highest BCUT2D eigenvalue weighted by Gasteiger charge is 2.29. The molecule has 4 nitrogen and oxygen atoms in total. The third-order valence-corrected chi connectivity index (χ3v) is 14.5. The Balaban J connectivity index is 1.11. The normalized spacial score (nSPS) is 17.3. The van der Waals surface area contributed by atoms with Gasteiger partial charge in [-0.25, -0.2) is 0 Å². The van der Waals surface area contributed by atoms with E-state index in [1.807, 2.05) is 85.0 Å². The first-order valence-corrected chi connectivity index (χ1v) is 24.5. The molecule has 15 rings (SSSR count). The summed E-state index contributed by atoms with van der Waals surface area (Å²) in [5, 5.41) is 4.01. The fraction of sp³-hybridized carbons (Fsp3) is 0.0833. The summed E-state index contributed by atoms with van der Waals surface area (Å²) < 4.78 is 261. The van der Waals surface area contributed by atoms with Gasteiger partial charge in [0.25, 0.3) is 0 Å². The molecule has 0 spiro atoms. The minimum Gasteiger partial charge on any atom is -0.309 e. The summed E-state index contributed by atoms with van der Waals surface area (Å²) in [5.41, 5.74) is -0.219. The number of nitrogens with zero attached hydrogens (tertiary/aromatic N) is 4. The molecule has 0 saturated heterocycles. The van der Waals surface area contributed by atoms with Crippen molar-refractivity contribution in [2.45, 2.75) is 39.5 Å². The van der Waals surface area contributed by atoms with Gasteiger partial charge in [-0.3, -0.25) is 0 Å². The molecule has 15 aromatic rings. The maximum Gasteiger partial charge on any atom is 0.0645 e. The third kappa shape index (κ3) is 6.50. The molecule has 0 unspecified atom stereocenters. The summed E-state index contributed by atoms with van der Waals surface area (Å²) in [5.74, 6) is -0.237. The number of aromatic nitrogens is 2. The van der Waals surface area contributed by atoms with Crippen molar-refractivity contribution in [3.05, 3.63) is 253 Å². The molecule has 0 aliphatic heterocycles. The Labute approximate surface area is 481 Å². The lowest BCUT2D eigenvalue weighted by molar-refractivity contribution is 0.868. The van der Waals surface area contributed by atoms with Crippen LogP contribution in [0.3, 0.4) is 0 Å². The lowest BCUT2D eigenvalue weighted by Crippen LogP contribution is -2.11. The van der Waals surface area contributed by atoms with Crippen LogP contribution in [0.1, 0.15) is 89.0 Å². The van der Waals surface area contributed by atoms with Crippen LogP contribution in [-0.2, 0) is 0 Å². The summed E-state index contributed by atoms with van der Waals surface area (Å²) in [7, 11) is 0. The van der Waals surface area contributed by atoms with E-state index in [-0.39, 0.29) is 23.2 Å². The van der Waals surface area contributed by atoms with Crippen molar-refractivity contribution >= 4 is 110 Å². The van der Waals surface area contributed by atoms with Crippen LogP contribution in [0.4, 0.5) is 34.1 Å². The van der Waals surface area contributed by atoms with E-state index in [4.69, 9.17) is 19.2 Å². The van der Waals surface area contributed by atoms with Gasteiger partial charge in [0.05, 0.1) is 94.2 Å². The molecule has 76 heavy (non-hydrogen) atoms. The summed E-state index contributed by atoms with van der Waals surface area (Å²) in [4.78, 5) is 2.21. The molecule has 0 saturated carbocycles. The molecule has 0 radical (unpaired) electrons. The fourth-order valence-corrected chi connectivity index (χ4v) is 11.2. The molecule has 0 fully saturated rings. The molecule has 0 N–H and O–H groups in total. The zero-order chi connectivity index (χ0) is 75.1. The van der Waals surface area contributed by atoms with Crippen LogP contribution in [0.2, 0.25) is 0 Å². The third-order valence-electron chi connectivity index (χ3n) is 14.5. The van der Waals surface area contributed by atoms with Crippen LogP contribution < -0.4 is 9.80 Å². The number of benzene rings is 11. The molecule has 362 valence electrons. The zero-order valence-electron chi connectivity index (χ0n) is 68.9. The first-order valence-electron chi connectivity index (χ1n) is 38.5. The van der Waals surface area contributed by atoms with Gasteiger partial charge in [-0.15, -0.1) is 0 Å². The van der Waals surface area contributed by atoms with Crippen LogP contribution in [-0.4, -0.2) is 8.80 Å². The van der Waals surface area contributed by atoms with Crippen LogP contribution in [0.15, 0.2) is 242 Å². The van der Waals surface area contributed by atoms with Crippen molar-refractivity contribution in [2.24, 2.45) is 0 Å². The van der Waals surface area contributed by atoms with Gasteiger partial charge >= 0.3 is 0 Å². The van der Waals surface area contributed by atoms with Crippen molar-refractivity contribution in [2.75, 3.05) is 9.80 Å². The Morgan fingerprint density at radius 1 is 0.329 bits per heavy atom. The Bertz CT molecular complexity index is 5930. The van der Waals surface area contributed by atoms with Gasteiger partial charge in [0.15, 0.2) is 0 Å². The number of rotatable bonds is 10. The molecular weight excluding hydrogens is 921 g/mol. The Morgan fingerprint density at radius 2 is 0.697 bits per heavy atom. The number of anilines is 6. The number of para-hydroxylation sites is 4. The molecule has 0 bridgehead atoms. The van der Waals surface area contributed by atoms with Crippen molar-refractivity contribution in [3.63, 3.8) is 0 Å². The van der Waals surface area contributed by atoms with E-state index in [0.717, 1.165) is 20.9 Å². The summed E-state index contributed by atoms with van der Waals surface area (Å²) in [6.07, 6.45) is 0. The molecule has 11 aromatic carbocycles. The predicted molar refractivity (Wildman–Crippen MR) is 324 cm³/mol. The van der Waals surface area contributed by atoms with E-state index in [0.29, 0.717) is 76.2 Å². The highest BCUT2D eigenvalue weighted by molar-refractivity contribution is 6.32. The summed E-state index contributed by atoms with van der Waals surface area (Å²) in [6.45, 7) is 7.88. The summed E-state index contributed by atoms with van der Waals surface area (Å²) >= 11 is 0. The quantitative estimate of drug-likeness (QED) is 0.136. The van der Waals surface area contributed by atoms with Gasteiger partial charge in [0, 0.05) is 65.6 Å². The van der Waals surface area contributed by atoms with Gasteiger partial charge in [-0.05, 0) is 119 Å². The zero-order valence-corrected chi connectivity index (χ0v) is 40.9. The van der Waals surface area contributed by atoms with Crippen molar-refractivity contribution in [1.29, 1.82) is 0 Å². The molecule has 0 aliphatic carbocycles. The maximum atomic E-state index is 9.85. The van der Waals surface area contributed by atoms with Crippen molar-refractivity contribution in [3.8, 4) is 22.3 Å². The second-order valence-corrected chi connectivity index (χ2v) is 19.2. The van der Waals surface area contributed by atoms with Crippen molar-refractivity contribution < 1.29 is 38.4 Å². The van der Waals surface area contributed by atoms with Gasteiger partial charge in [-0.1, -0.05) is 185 Å². The maximum absolute atomic E-state index is 9.85. The van der Waals surface area contributed by atoms with Gasteiger partial charge in [0.2, 0.25) is 0 Å². The Kier molecular flexibility index (Phi) is 5.47. The van der Waals surface area contributed by atoms with E-state index in [9.17, 15) is 19.2 Å². The van der Waals surface area contributed by atoms with Gasteiger partial charge in [-0.2, -0.15) is 0 Å². The molecule has 0 atom stereocenters. The predicted octanol–water partition coefficient (Wildman–Crippen LogP) is 20.5.